The Balaban J connectivity index is 1.59. The largest absolute Gasteiger partial charge is 0.484 e. The van der Waals surface area contributed by atoms with E-state index in [-0.39, 0.29) is 23.7 Å². The van der Waals surface area contributed by atoms with Gasteiger partial charge in [-0.1, -0.05) is 0 Å². The minimum Gasteiger partial charge on any atom is -0.484 e. The number of carbonyl (C=O) groups excluding carboxylic acids is 2. The Labute approximate surface area is 137 Å². The molecule has 0 bridgehead atoms. The molecule has 0 radical (unpaired) electrons. The van der Waals surface area contributed by atoms with E-state index in [9.17, 15) is 18.4 Å². The van der Waals surface area contributed by atoms with Gasteiger partial charge >= 0.3 is 0 Å². The third-order valence-corrected chi connectivity index (χ3v) is 4.54. The highest BCUT2D eigenvalue weighted by molar-refractivity contribution is 5.90. The van der Waals surface area contributed by atoms with Crippen molar-refractivity contribution in [1.29, 1.82) is 0 Å². The Hall–Kier alpha value is -2.22. The van der Waals surface area contributed by atoms with Crippen LogP contribution < -0.4 is 15.4 Å². The molecule has 8 heteroatoms. The Morgan fingerprint density at radius 3 is 2.79 bits per heavy atom. The third-order valence-electron chi connectivity index (χ3n) is 4.54. The predicted octanol–water partition coefficient (Wildman–Crippen LogP) is 0.755. The molecule has 3 rings (SSSR count). The van der Waals surface area contributed by atoms with Gasteiger partial charge in [-0.15, -0.1) is 0 Å². The third kappa shape index (κ3) is 3.33. The molecule has 2 aliphatic rings. The topological polar surface area (TPSA) is 76.7 Å². The number of ether oxygens (including phenoxy) is 2. The van der Waals surface area contributed by atoms with Gasteiger partial charge in [-0.3, -0.25) is 9.59 Å². The number of hydrogen-bond donors (Lipinski definition) is 2. The molecule has 1 atom stereocenters. The summed E-state index contributed by atoms with van der Waals surface area (Å²) < 4.78 is 36.4. The minimum absolute atomic E-state index is 0.0423. The molecule has 2 amide bonds. The number of nitrogens with one attached hydrogen (secondary N) is 2. The molecule has 1 spiro atoms. The van der Waals surface area contributed by atoms with Gasteiger partial charge in [0.25, 0.3) is 5.91 Å². The Morgan fingerprint density at radius 2 is 2.08 bits per heavy atom. The number of rotatable bonds is 4. The molecule has 24 heavy (non-hydrogen) atoms. The molecule has 1 aromatic rings. The molecule has 2 heterocycles. The summed E-state index contributed by atoms with van der Waals surface area (Å²) in [6.07, 6.45) is 1.36. The van der Waals surface area contributed by atoms with Crippen LogP contribution in [0.3, 0.4) is 0 Å². The summed E-state index contributed by atoms with van der Waals surface area (Å²) in [6, 6.07) is 2.38. The lowest BCUT2D eigenvalue weighted by atomic mass is 9.76. The number of halogens is 2. The van der Waals surface area contributed by atoms with Crippen molar-refractivity contribution in [3.8, 4) is 5.75 Å². The quantitative estimate of drug-likeness (QED) is 0.848. The molecule has 0 aromatic heterocycles. The highest BCUT2D eigenvalue weighted by atomic mass is 19.2. The summed E-state index contributed by atoms with van der Waals surface area (Å²) in [6.45, 7) is 1.21. The average Bonchev–Trinajstić information content (AvgIpc) is 2.86. The molecule has 2 N–H and O–H groups in total. The molecule has 2 saturated heterocycles. The van der Waals surface area contributed by atoms with E-state index in [0.29, 0.717) is 32.6 Å². The van der Waals surface area contributed by atoms with Crippen LogP contribution >= 0.6 is 0 Å². The highest BCUT2D eigenvalue weighted by Crippen LogP contribution is 2.37. The summed E-state index contributed by atoms with van der Waals surface area (Å²) in [5, 5.41) is 5.47. The number of hydrogen-bond acceptors (Lipinski definition) is 4. The van der Waals surface area contributed by atoms with Gasteiger partial charge in [0.1, 0.15) is 11.8 Å². The lowest BCUT2D eigenvalue weighted by Gasteiger charge is -2.36. The maximum Gasteiger partial charge on any atom is 0.258 e. The number of carbonyl (C=O) groups is 2. The SMILES string of the molecule is O=C(COc1ccc(F)c(F)c1)NC1C(=O)NCC12CCOCC2. The van der Waals surface area contributed by atoms with Crippen LogP contribution in [0.25, 0.3) is 0 Å². The van der Waals surface area contributed by atoms with Gasteiger partial charge in [0.05, 0.1) is 0 Å². The van der Waals surface area contributed by atoms with Crippen LogP contribution in [0.2, 0.25) is 0 Å². The summed E-state index contributed by atoms with van der Waals surface area (Å²) in [4.78, 5) is 24.1. The Kier molecular flexibility index (Phi) is 4.66. The smallest absolute Gasteiger partial charge is 0.258 e. The molecule has 1 unspecified atom stereocenters. The Morgan fingerprint density at radius 1 is 1.33 bits per heavy atom. The summed E-state index contributed by atoms with van der Waals surface area (Å²) in [7, 11) is 0. The lowest BCUT2D eigenvalue weighted by molar-refractivity contribution is -0.131. The van der Waals surface area contributed by atoms with Crippen LogP contribution in [0.15, 0.2) is 18.2 Å². The molecule has 6 nitrogen and oxygen atoms in total. The van der Waals surface area contributed by atoms with Crippen LogP contribution in [0.4, 0.5) is 8.78 Å². The zero-order valence-electron chi connectivity index (χ0n) is 12.9. The molecule has 2 fully saturated rings. The van der Waals surface area contributed by atoms with Gasteiger partial charge in [0.15, 0.2) is 18.2 Å². The van der Waals surface area contributed by atoms with Crippen molar-refractivity contribution in [3.05, 3.63) is 29.8 Å². The van der Waals surface area contributed by atoms with Crippen LogP contribution in [0.1, 0.15) is 12.8 Å². The van der Waals surface area contributed by atoms with E-state index >= 15 is 0 Å². The predicted molar refractivity (Wildman–Crippen MR) is 79.3 cm³/mol. The maximum absolute atomic E-state index is 13.1. The first-order valence-electron chi connectivity index (χ1n) is 7.73. The van der Waals surface area contributed by atoms with E-state index in [2.05, 4.69) is 10.6 Å². The monoisotopic (exact) mass is 340 g/mol. The summed E-state index contributed by atoms with van der Waals surface area (Å²) in [5.74, 6) is -2.72. The molecule has 0 saturated carbocycles. The van der Waals surface area contributed by atoms with Crippen molar-refractivity contribution in [2.75, 3.05) is 26.4 Å². The lowest BCUT2D eigenvalue weighted by Crippen LogP contribution is -2.52. The van der Waals surface area contributed by atoms with E-state index in [0.717, 1.165) is 12.1 Å². The molecule has 130 valence electrons. The van der Waals surface area contributed by atoms with Gasteiger partial charge in [-0.2, -0.15) is 0 Å². The average molecular weight is 340 g/mol. The standard InChI is InChI=1S/C16H18F2N2O4/c17-11-2-1-10(7-12(11)18)24-8-13(21)20-14-15(22)19-9-16(14)3-5-23-6-4-16/h1-2,7,14H,3-6,8-9H2,(H,19,22)(H,20,21). The van der Waals surface area contributed by atoms with Crippen LogP contribution in [0, 0.1) is 17.0 Å². The van der Waals surface area contributed by atoms with Crippen molar-refractivity contribution < 1.29 is 27.8 Å². The van der Waals surface area contributed by atoms with Crippen LogP contribution in [-0.4, -0.2) is 44.2 Å². The second-order valence-electron chi connectivity index (χ2n) is 6.06. The zero-order valence-corrected chi connectivity index (χ0v) is 12.9. The molecular weight excluding hydrogens is 322 g/mol. The first kappa shape index (κ1) is 16.6. The van der Waals surface area contributed by atoms with Gasteiger partial charge < -0.3 is 20.1 Å². The van der Waals surface area contributed by atoms with Crippen molar-refractivity contribution >= 4 is 11.8 Å². The first-order chi connectivity index (χ1) is 11.5. The van der Waals surface area contributed by atoms with Gasteiger partial charge in [0, 0.05) is 31.2 Å². The van der Waals surface area contributed by atoms with Gasteiger partial charge in [0.2, 0.25) is 5.91 Å². The second-order valence-corrected chi connectivity index (χ2v) is 6.06. The summed E-state index contributed by atoms with van der Waals surface area (Å²) >= 11 is 0. The molecule has 0 aliphatic carbocycles. The molecule has 1 aromatic carbocycles. The molecule has 2 aliphatic heterocycles. The van der Waals surface area contributed by atoms with Crippen molar-refractivity contribution in [2.45, 2.75) is 18.9 Å². The fourth-order valence-corrected chi connectivity index (χ4v) is 3.13. The van der Waals surface area contributed by atoms with E-state index < -0.39 is 23.6 Å². The van der Waals surface area contributed by atoms with Gasteiger partial charge in [-0.05, 0) is 25.0 Å². The summed E-state index contributed by atoms with van der Waals surface area (Å²) in [5.41, 5.74) is -0.340. The zero-order chi connectivity index (χ0) is 17.2. The van der Waals surface area contributed by atoms with E-state index in [1.807, 2.05) is 0 Å². The first-order valence-corrected chi connectivity index (χ1v) is 7.73. The Bertz CT molecular complexity index is 647. The van der Waals surface area contributed by atoms with E-state index in [4.69, 9.17) is 9.47 Å². The van der Waals surface area contributed by atoms with E-state index in [1.54, 1.807) is 0 Å². The maximum atomic E-state index is 13.1. The van der Waals surface area contributed by atoms with Crippen molar-refractivity contribution in [2.24, 2.45) is 5.41 Å². The number of benzene rings is 1. The number of amides is 2. The molecular formula is C16H18F2N2O4. The fourth-order valence-electron chi connectivity index (χ4n) is 3.13. The normalized spacial score (nSPS) is 22.2. The van der Waals surface area contributed by atoms with Crippen molar-refractivity contribution in [3.63, 3.8) is 0 Å². The highest BCUT2D eigenvalue weighted by Gasteiger charge is 2.49. The van der Waals surface area contributed by atoms with E-state index in [1.165, 1.54) is 6.07 Å². The van der Waals surface area contributed by atoms with Crippen LogP contribution in [0.5, 0.6) is 5.75 Å². The van der Waals surface area contributed by atoms with Crippen molar-refractivity contribution in [1.82, 2.24) is 10.6 Å². The fraction of sp³-hybridized carbons (Fsp3) is 0.500. The second kappa shape index (κ2) is 6.72. The van der Waals surface area contributed by atoms with Crippen LogP contribution in [-0.2, 0) is 14.3 Å². The minimum atomic E-state index is -1.05. The van der Waals surface area contributed by atoms with Gasteiger partial charge in [-0.25, -0.2) is 8.78 Å².